The minimum absolute atomic E-state index is 0.166. The number of carbonyl (C=O) groups is 1. The predicted octanol–water partition coefficient (Wildman–Crippen LogP) is 3.97. The maximum atomic E-state index is 12.5. The summed E-state index contributed by atoms with van der Waals surface area (Å²) in [6.45, 7) is 0.358. The van der Waals surface area contributed by atoms with Crippen molar-refractivity contribution in [3.63, 3.8) is 0 Å². The lowest BCUT2D eigenvalue weighted by Gasteiger charge is -2.15. The summed E-state index contributed by atoms with van der Waals surface area (Å²) in [6.07, 6.45) is 0. The molecule has 2 aromatic carbocycles. The molecule has 0 radical (unpaired) electrons. The first-order chi connectivity index (χ1) is 11.5. The third-order valence-corrected chi connectivity index (χ3v) is 3.79. The predicted molar refractivity (Wildman–Crippen MR) is 90.9 cm³/mol. The van der Waals surface area contributed by atoms with Crippen molar-refractivity contribution in [2.24, 2.45) is 0 Å². The highest BCUT2D eigenvalue weighted by atomic mass is 35.5. The van der Waals surface area contributed by atoms with Gasteiger partial charge in [-0.15, -0.1) is 0 Å². The zero-order valence-electron chi connectivity index (χ0n) is 12.9. The fourth-order valence-electron chi connectivity index (χ4n) is 2.32. The third-order valence-electron chi connectivity index (χ3n) is 3.54. The highest BCUT2D eigenvalue weighted by molar-refractivity contribution is 6.30. The fraction of sp³-hybridized carbons (Fsp3) is 0.111. The van der Waals surface area contributed by atoms with Gasteiger partial charge in [-0.05, 0) is 42.0 Å². The molecule has 122 valence electrons. The normalized spacial score (nSPS) is 10.6. The van der Waals surface area contributed by atoms with E-state index in [1.807, 2.05) is 6.07 Å². The van der Waals surface area contributed by atoms with Crippen LogP contribution in [0, 0.1) is 0 Å². The van der Waals surface area contributed by atoms with E-state index in [0.29, 0.717) is 17.3 Å². The molecule has 0 saturated carbocycles. The summed E-state index contributed by atoms with van der Waals surface area (Å²) >= 11 is 5.86. The van der Waals surface area contributed by atoms with E-state index in [9.17, 15) is 9.90 Å². The highest BCUT2D eigenvalue weighted by Crippen LogP contribution is 2.23. The van der Waals surface area contributed by atoms with E-state index < -0.39 is 0 Å². The topological polar surface area (TPSA) is 66.6 Å². The Morgan fingerprint density at radius 2 is 1.96 bits per heavy atom. The lowest BCUT2D eigenvalue weighted by Crippen LogP contribution is -2.26. The Labute approximate surface area is 144 Å². The maximum Gasteiger partial charge on any atom is 0.276 e. The van der Waals surface area contributed by atoms with Gasteiger partial charge >= 0.3 is 0 Å². The van der Waals surface area contributed by atoms with Crippen molar-refractivity contribution >= 4 is 17.5 Å². The van der Waals surface area contributed by atoms with Crippen molar-refractivity contribution < 1.29 is 14.4 Å². The average Bonchev–Trinajstić information content (AvgIpc) is 3.04. The van der Waals surface area contributed by atoms with E-state index in [-0.39, 0.29) is 17.4 Å². The van der Waals surface area contributed by atoms with Gasteiger partial charge in [-0.1, -0.05) is 28.9 Å². The SMILES string of the molecule is CN(Cc1cccc(O)c1)C(=O)c1cc(-c2ccc(Cl)cc2)on1. The second kappa shape index (κ2) is 6.76. The van der Waals surface area contributed by atoms with E-state index in [2.05, 4.69) is 5.16 Å². The molecule has 1 N–H and O–H groups in total. The first-order valence-corrected chi connectivity index (χ1v) is 7.67. The lowest BCUT2D eigenvalue weighted by molar-refractivity contribution is 0.0774. The van der Waals surface area contributed by atoms with Crippen molar-refractivity contribution in [3.8, 4) is 17.1 Å². The molecular formula is C18H15ClN2O3. The van der Waals surface area contributed by atoms with Crippen LogP contribution < -0.4 is 0 Å². The Kier molecular flexibility index (Phi) is 4.53. The van der Waals surface area contributed by atoms with E-state index in [1.165, 1.54) is 4.90 Å². The van der Waals surface area contributed by atoms with Crippen LogP contribution in [-0.4, -0.2) is 28.1 Å². The number of aromatic hydroxyl groups is 1. The molecule has 3 rings (SSSR count). The number of nitrogens with zero attached hydrogens (tertiary/aromatic N) is 2. The van der Waals surface area contributed by atoms with Crippen LogP contribution in [0.15, 0.2) is 59.1 Å². The summed E-state index contributed by atoms with van der Waals surface area (Å²) in [7, 11) is 1.67. The Bertz CT molecular complexity index is 859. The molecule has 0 bridgehead atoms. The second-order valence-corrected chi connectivity index (χ2v) is 5.85. The summed E-state index contributed by atoms with van der Waals surface area (Å²) in [4.78, 5) is 14.0. The van der Waals surface area contributed by atoms with Crippen LogP contribution in [0.25, 0.3) is 11.3 Å². The first-order valence-electron chi connectivity index (χ1n) is 7.29. The zero-order valence-corrected chi connectivity index (χ0v) is 13.7. The highest BCUT2D eigenvalue weighted by Gasteiger charge is 2.18. The number of hydrogen-bond acceptors (Lipinski definition) is 4. The molecule has 6 heteroatoms. The molecule has 1 amide bonds. The van der Waals surface area contributed by atoms with Crippen LogP contribution in [0.4, 0.5) is 0 Å². The summed E-state index contributed by atoms with van der Waals surface area (Å²) in [5, 5.41) is 14.0. The van der Waals surface area contributed by atoms with Gasteiger partial charge in [0.15, 0.2) is 11.5 Å². The van der Waals surface area contributed by atoms with Crippen molar-refractivity contribution in [1.82, 2.24) is 10.1 Å². The van der Waals surface area contributed by atoms with Crippen molar-refractivity contribution in [2.75, 3.05) is 7.05 Å². The van der Waals surface area contributed by atoms with Gasteiger partial charge in [-0.3, -0.25) is 4.79 Å². The first kappa shape index (κ1) is 16.1. The van der Waals surface area contributed by atoms with Gasteiger partial charge in [0.1, 0.15) is 5.75 Å². The molecule has 0 fully saturated rings. The van der Waals surface area contributed by atoms with Crippen LogP contribution >= 0.6 is 11.6 Å². The van der Waals surface area contributed by atoms with Gasteiger partial charge in [-0.25, -0.2) is 0 Å². The van der Waals surface area contributed by atoms with E-state index >= 15 is 0 Å². The maximum absolute atomic E-state index is 12.5. The van der Waals surface area contributed by atoms with E-state index in [0.717, 1.165) is 11.1 Å². The summed E-state index contributed by atoms with van der Waals surface area (Å²) in [6, 6.07) is 15.5. The lowest BCUT2D eigenvalue weighted by atomic mass is 10.1. The average molecular weight is 343 g/mol. The number of carbonyl (C=O) groups excluding carboxylic acids is 1. The van der Waals surface area contributed by atoms with Gasteiger partial charge in [0.2, 0.25) is 0 Å². The molecule has 0 unspecified atom stereocenters. The quantitative estimate of drug-likeness (QED) is 0.779. The van der Waals surface area contributed by atoms with Crippen molar-refractivity contribution in [3.05, 3.63) is 70.9 Å². The van der Waals surface area contributed by atoms with Crippen LogP contribution in [0.5, 0.6) is 5.75 Å². The Morgan fingerprint density at radius 3 is 2.67 bits per heavy atom. The second-order valence-electron chi connectivity index (χ2n) is 5.41. The minimum atomic E-state index is -0.262. The van der Waals surface area contributed by atoms with Crippen LogP contribution in [0.2, 0.25) is 5.02 Å². The standard InChI is InChI=1S/C18H15ClN2O3/c1-21(11-12-3-2-4-15(22)9-12)18(23)16-10-17(24-20-16)13-5-7-14(19)8-6-13/h2-10,22H,11H2,1H3. The number of phenolic OH excluding ortho intramolecular Hbond substituents is 1. The Morgan fingerprint density at radius 1 is 1.21 bits per heavy atom. The molecule has 24 heavy (non-hydrogen) atoms. The largest absolute Gasteiger partial charge is 0.508 e. The van der Waals surface area contributed by atoms with Gasteiger partial charge in [0.05, 0.1) is 0 Å². The smallest absolute Gasteiger partial charge is 0.276 e. The number of amides is 1. The fourth-order valence-corrected chi connectivity index (χ4v) is 2.45. The summed E-state index contributed by atoms with van der Waals surface area (Å²) in [5.74, 6) is 0.405. The number of hydrogen-bond donors (Lipinski definition) is 1. The van der Waals surface area contributed by atoms with Crippen LogP contribution in [0.3, 0.4) is 0 Å². The number of phenols is 1. The van der Waals surface area contributed by atoms with Gasteiger partial charge < -0.3 is 14.5 Å². The zero-order chi connectivity index (χ0) is 17.1. The molecule has 0 atom stereocenters. The van der Waals surface area contributed by atoms with Crippen molar-refractivity contribution in [1.29, 1.82) is 0 Å². The van der Waals surface area contributed by atoms with Crippen molar-refractivity contribution in [2.45, 2.75) is 6.54 Å². The molecular weight excluding hydrogens is 328 g/mol. The molecule has 1 heterocycles. The van der Waals surface area contributed by atoms with Gasteiger partial charge in [-0.2, -0.15) is 0 Å². The summed E-state index contributed by atoms with van der Waals surface area (Å²) in [5.41, 5.74) is 1.84. The van der Waals surface area contributed by atoms with Gasteiger partial charge in [0, 0.05) is 30.2 Å². The van der Waals surface area contributed by atoms with E-state index in [4.69, 9.17) is 16.1 Å². The molecule has 0 aliphatic heterocycles. The number of benzene rings is 2. The molecule has 0 spiro atoms. The molecule has 0 saturated heterocycles. The molecule has 0 aliphatic carbocycles. The Balaban J connectivity index is 1.74. The number of halogens is 1. The number of aromatic nitrogens is 1. The van der Waals surface area contributed by atoms with Crippen LogP contribution in [-0.2, 0) is 6.54 Å². The molecule has 5 nitrogen and oxygen atoms in total. The molecule has 0 aliphatic rings. The molecule has 3 aromatic rings. The third kappa shape index (κ3) is 3.58. The Hall–Kier alpha value is -2.79. The molecule has 1 aromatic heterocycles. The van der Waals surface area contributed by atoms with E-state index in [1.54, 1.807) is 55.6 Å². The van der Waals surface area contributed by atoms with Gasteiger partial charge in [0.25, 0.3) is 5.91 Å². The summed E-state index contributed by atoms with van der Waals surface area (Å²) < 4.78 is 5.25. The van der Waals surface area contributed by atoms with Crippen LogP contribution in [0.1, 0.15) is 16.1 Å². The number of rotatable bonds is 4. The monoisotopic (exact) mass is 342 g/mol. The minimum Gasteiger partial charge on any atom is -0.508 e.